The smallest absolute Gasteiger partial charge is 0.347 e. The molecule has 0 aliphatic rings. The van der Waals surface area contributed by atoms with Gasteiger partial charge in [0.05, 0.1) is 7.11 Å². The van der Waals surface area contributed by atoms with Gasteiger partial charge in [-0.15, -0.1) is 0 Å². The molecule has 4 nitrogen and oxygen atoms in total. The first-order valence-electron chi connectivity index (χ1n) is 8.11. The average Bonchev–Trinajstić information content (AvgIpc) is 2.66. The van der Waals surface area contributed by atoms with Crippen LogP contribution in [0, 0.1) is 0 Å². The van der Waals surface area contributed by atoms with E-state index in [0.717, 1.165) is 22.1 Å². The first kappa shape index (κ1) is 16.8. The fourth-order valence-electron chi connectivity index (χ4n) is 2.49. The molecule has 1 unspecified atom stereocenters. The lowest BCUT2D eigenvalue weighted by molar-refractivity contribution is -0.152. The number of esters is 1. The third-order valence-electron chi connectivity index (χ3n) is 3.91. The van der Waals surface area contributed by atoms with Gasteiger partial charge >= 0.3 is 5.97 Å². The highest BCUT2D eigenvalue weighted by atomic mass is 16.6. The lowest BCUT2D eigenvalue weighted by Crippen LogP contribution is -2.26. The van der Waals surface area contributed by atoms with Gasteiger partial charge in [-0.25, -0.2) is 4.79 Å². The van der Waals surface area contributed by atoms with Gasteiger partial charge in [-0.3, -0.25) is 0 Å². The van der Waals surface area contributed by atoms with E-state index in [1.165, 1.54) is 0 Å². The summed E-state index contributed by atoms with van der Waals surface area (Å²) in [4.78, 5) is 12.1. The van der Waals surface area contributed by atoms with Gasteiger partial charge in [0, 0.05) is 0 Å². The third-order valence-corrected chi connectivity index (χ3v) is 3.91. The molecular weight excluding hydrogens is 316 g/mol. The predicted octanol–water partition coefficient (Wildman–Crippen LogP) is 4.36. The molecule has 0 saturated heterocycles. The summed E-state index contributed by atoms with van der Waals surface area (Å²) in [5.41, 5.74) is 0.895. The molecular formula is C21H20O4. The quantitative estimate of drug-likeness (QED) is 0.628. The summed E-state index contributed by atoms with van der Waals surface area (Å²) in [5.74, 6) is 1.01. The van der Waals surface area contributed by atoms with E-state index in [1.54, 1.807) is 14.0 Å². The molecule has 0 bridgehead atoms. The number of methoxy groups -OCH3 is 1. The minimum absolute atomic E-state index is 0.203. The first-order valence-corrected chi connectivity index (χ1v) is 8.11. The summed E-state index contributed by atoms with van der Waals surface area (Å²) in [5, 5.41) is 2.20. The Kier molecular flexibility index (Phi) is 5.19. The molecule has 128 valence electrons. The van der Waals surface area contributed by atoms with Crippen molar-refractivity contribution in [3.63, 3.8) is 0 Å². The topological polar surface area (TPSA) is 44.8 Å². The molecule has 0 fully saturated rings. The van der Waals surface area contributed by atoms with Gasteiger partial charge in [0.25, 0.3) is 0 Å². The summed E-state index contributed by atoms with van der Waals surface area (Å²) in [6, 6.07) is 21.1. The SMILES string of the molecule is COc1ccc(COC(=O)C(C)Oc2ccc3ccccc3c2)cc1. The highest BCUT2D eigenvalue weighted by Crippen LogP contribution is 2.21. The molecule has 0 spiro atoms. The fraction of sp³-hybridized carbons (Fsp3) is 0.190. The maximum absolute atomic E-state index is 12.1. The van der Waals surface area contributed by atoms with Crippen molar-refractivity contribution in [2.24, 2.45) is 0 Å². The maximum Gasteiger partial charge on any atom is 0.347 e. The summed E-state index contributed by atoms with van der Waals surface area (Å²) in [7, 11) is 1.61. The Balaban J connectivity index is 1.57. The van der Waals surface area contributed by atoms with Crippen molar-refractivity contribution in [3.05, 3.63) is 72.3 Å². The van der Waals surface area contributed by atoms with Crippen molar-refractivity contribution in [1.29, 1.82) is 0 Å². The number of carbonyl (C=O) groups is 1. The maximum atomic E-state index is 12.1. The molecule has 0 aromatic heterocycles. The van der Waals surface area contributed by atoms with Crippen LogP contribution in [0.25, 0.3) is 10.8 Å². The van der Waals surface area contributed by atoms with Crippen LogP contribution in [-0.4, -0.2) is 19.2 Å². The zero-order chi connectivity index (χ0) is 17.6. The Morgan fingerprint density at radius 1 is 0.920 bits per heavy atom. The van der Waals surface area contributed by atoms with E-state index < -0.39 is 12.1 Å². The van der Waals surface area contributed by atoms with Gasteiger partial charge in [-0.1, -0.05) is 42.5 Å². The van der Waals surface area contributed by atoms with Crippen LogP contribution in [-0.2, 0) is 16.1 Å². The van der Waals surface area contributed by atoms with E-state index >= 15 is 0 Å². The summed E-state index contributed by atoms with van der Waals surface area (Å²) < 4.78 is 16.1. The molecule has 0 aliphatic carbocycles. The average molecular weight is 336 g/mol. The molecule has 0 radical (unpaired) electrons. The fourth-order valence-corrected chi connectivity index (χ4v) is 2.49. The van der Waals surface area contributed by atoms with Gasteiger partial charge < -0.3 is 14.2 Å². The minimum atomic E-state index is -0.681. The molecule has 25 heavy (non-hydrogen) atoms. The van der Waals surface area contributed by atoms with Crippen LogP contribution in [0.5, 0.6) is 11.5 Å². The van der Waals surface area contributed by atoms with Crippen LogP contribution < -0.4 is 9.47 Å². The second-order valence-electron chi connectivity index (χ2n) is 5.72. The van der Waals surface area contributed by atoms with Gasteiger partial charge in [-0.2, -0.15) is 0 Å². The van der Waals surface area contributed by atoms with Crippen LogP contribution in [0.2, 0.25) is 0 Å². The molecule has 0 aliphatic heterocycles. The second kappa shape index (κ2) is 7.71. The number of rotatable bonds is 6. The predicted molar refractivity (Wildman–Crippen MR) is 96.8 cm³/mol. The molecule has 1 atom stereocenters. The van der Waals surface area contributed by atoms with Gasteiger partial charge in [-0.05, 0) is 47.5 Å². The van der Waals surface area contributed by atoms with E-state index in [4.69, 9.17) is 14.2 Å². The number of hydrogen-bond donors (Lipinski definition) is 0. The Morgan fingerprint density at radius 2 is 1.60 bits per heavy atom. The lowest BCUT2D eigenvalue weighted by atomic mass is 10.1. The highest BCUT2D eigenvalue weighted by Gasteiger charge is 2.16. The van der Waals surface area contributed by atoms with E-state index in [-0.39, 0.29) is 6.61 Å². The van der Waals surface area contributed by atoms with E-state index in [2.05, 4.69) is 0 Å². The molecule has 0 N–H and O–H groups in total. The largest absolute Gasteiger partial charge is 0.497 e. The standard InChI is InChI=1S/C21H20O4/c1-15(21(22)24-14-16-7-10-19(23-2)11-8-16)25-20-12-9-17-5-3-4-6-18(17)13-20/h3-13,15H,14H2,1-2H3. The third kappa shape index (κ3) is 4.29. The van der Waals surface area contributed by atoms with Crippen molar-refractivity contribution in [3.8, 4) is 11.5 Å². The molecule has 0 heterocycles. The number of fused-ring (bicyclic) bond motifs is 1. The normalized spacial score (nSPS) is 11.8. The Bertz CT molecular complexity index is 855. The van der Waals surface area contributed by atoms with Gasteiger partial charge in [0.1, 0.15) is 18.1 Å². The zero-order valence-corrected chi connectivity index (χ0v) is 14.3. The Morgan fingerprint density at radius 3 is 2.32 bits per heavy atom. The lowest BCUT2D eigenvalue weighted by Gasteiger charge is -2.14. The van der Waals surface area contributed by atoms with E-state index in [9.17, 15) is 4.79 Å². The van der Waals surface area contributed by atoms with Crippen LogP contribution in [0.1, 0.15) is 12.5 Å². The molecule has 3 aromatic carbocycles. The summed E-state index contributed by atoms with van der Waals surface area (Å²) in [6.07, 6.45) is -0.681. The summed E-state index contributed by atoms with van der Waals surface area (Å²) >= 11 is 0. The van der Waals surface area contributed by atoms with Crippen molar-refractivity contribution < 1.29 is 19.0 Å². The van der Waals surface area contributed by atoms with Gasteiger partial charge in [0.2, 0.25) is 0 Å². The van der Waals surface area contributed by atoms with Crippen molar-refractivity contribution in [2.45, 2.75) is 19.6 Å². The minimum Gasteiger partial charge on any atom is -0.497 e. The van der Waals surface area contributed by atoms with Crippen LogP contribution >= 0.6 is 0 Å². The van der Waals surface area contributed by atoms with Crippen LogP contribution in [0.15, 0.2) is 66.7 Å². The molecule has 4 heteroatoms. The molecule has 3 aromatic rings. The second-order valence-corrected chi connectivity index (χ2v) is 5.72. The van der Waals surface area contributed by atoms with Crippen molar-refractivity contribution >= 4 is 16.7 Å². The van der Waals surface area contributed by atoms with Crippen molar-refractivity contribution in [2.75, 3.05) is 7.11 Å². The summed E-state index contributed by atoms with van der Waals surface area (Å²) in [6.45, 7) is 1.89. The Labute approximate surface area is 146 Å². The van der Waals surface area contributed by atoms with Crippen molar-refractivity contribution in [1.82, 2.24) is 0 Å². The Hall–Kier alpha value is -3.01. The molecule has 0 amide bonds. The van der Waals surface area contributed by atoms with E-state index in [0.29, 0.717) is 5.75 Å². The molecule has 0 saturated carbocycles. The van der Waals surface area contributed by atoms with Gasteiger partial charge in [0.15, 0.2) is 6.10 Å². The number of benzene rings is 3. The number of hydrogen-bond acceptors (Lipinski definition) is 4. The van der Waals surface area contributed by atoms with E-state index in [1.807, 2.05) is 66.7 Å². The molecule has 3 rings (SSSR count). The zero-order valence-electron chi connectivity index (χ0n) is 14.3. The van der Waals surface area contributed by atoms with Crippen LogP contribution in [0.4, 0.5) is 0 Å². The first-order chi connectivity index (χ1) is 12.2. The number of carbonyl (C=O) groups excluding carboxylic acids is 1. The number of ether oxygens (including phenoxy) is 3. The highest BCUT2D eigenvalue weighted by molar-refractivity contribution is 5.84. The monoisotopic (exact) mass is 336 g/mol. The van der Waals surface area contributed by atoms with Crippen LogP contribution in [0.3, 0.4) is 0 Å².